The highest BCUT2D eigenvalue weighted by Crippen LogP contribution is 2.40. The van der Waals surface area contributed by atoms with Crippen LogP contribution in [0, 0.1) is 5.82 Å². The van der Waals surface area contributed by atoms with Crippen molar-refractivity contribution in [3.05, 3.63) is 22.5 Å². The van der Waals surface area contributed by atoms with Crippen LogP contribution >= 0.6 is 11.6 Å². The lowest BCUT2D eigenvalue weighted by Gasteiger charge is -2.12. The number of hydrogen-bond donors (Lipinski definition) is 0. The molecule has 0 fully saturated rings. The number of hydrogen-bond acceptors (Lipinski definition) is 3. The van der Waals surface area contributed by atoms with Gasteiger partial charge >= 0.3 is 0 Å². The molecule has 5 heteroatoms. The minimum absolute atomic E-state index is 0.0645. The van der Waals surface area contributed by atoms with Gasteiger partial charge in [-0.3, -0.25) is 0 Å². The van der Waals surface area contributed by atoms with Crippen LogP contribution in [0.4, 0.5) is 4.39 Å². The van der Waals surface area contributed by atoms with Gasteiger partial charge < -0.3 is 14.3 Å². The quantitative estimate of drug-likeness (QED) is 0.782. The Bertz CT molecular complexity index is 434. The smallest absolute Gasteiger partial charge is 0.182 e. The average molecular weight is 259 g/mol. The van der Waals surface area contributed by atoms with E-state index in [1.807, 2.05) is 0 Å². The zero-order valence-electron chi connectivity index (χ0n) is 9.17. The van der Waals surface area contributed by atoms with E-state index < -0.39 is 5.82 Å². The van der Waals surface area contributed by atoms with Crippen LogP contribution in [0.1, 0.15) is 18.4 Å². The molecule has 1 heterocycles. The van der Waals surface area contributed by atoms with Gasteiger partial charge in [0.15, 0.2) is 11.5 Å². The first-order valence-corrected chi connectivity index (χ1v) is 5.82. The van der Waals surface area contributed by atoms with Crippen molar-refractivity contribution in [2.24, 2.45) is 0 Å². The maximum absolute atomic E-state index is 13.9. The zero-order chi connectivity index (χ0) is 12.3. The highest BCUT2D eigenvalue weighted by Gasteiger charge is 2.20. The summed E-state index contributed by atoms with van der Waals surface area (Å²) in [5.41, 5.74) is 0.381. The standard InChI is InChI=1S/C12H12ClFO3/c13-10-11(14)8(3-1-4-15)7-9-12(10)17-6-2-5-16-9/h4,7H,1-3,5-6H2. The van der Waals surface area contributed by atoms with E-state index in [1.54, 1.807) is 6.07 Å². The van der Waals surface area contributed by atoms with Gasteiger partial charge in [0.2, 0.25) is 0 Å². The van der Waals surface area contributed by atoms with Crippen LogP contribution in [0.15, 0.2) is 6.07 Å². The summed E-state index contributed by atoms with van der Waals surface area (Å²) >= 11 is 5.90. The van der Waals surface area contributed by atoms with Gasteiger partial charge in [-0.2, -0.15) is 0 Å². The molecule has 1 aliphatic heterocycles. The summed E-state index contributed by atoms with van der Waals surface area (Å²) in [7, 11) is 0. The number of ether oxygens (including phenoxy) is 2. The molecule has 0 atom stereocenters. The molecule has 0 radical (unpaired) electrons. The van der Waals surface area contributed by atoms with Crippen molar-refractivity contribution >= 4 is 17.9 Å². The van der Waals surface area contributed by atoms with Crippen LogP contribution in [0.3, 0.4) is 0 Å². The van der Waals surface area contributed by atoms with Gasteiger partial charge in [0.1, 0.15) is 17.1 Å². The molecule has 0 saturated carbocycles. The van der Waals surface area contributed by atoms with Crippen molar-refractivity contribution in [1.82, 2.24) is 0 Å². The van der Waals surface area contributed by atoms with Crippen LogP contribution in [-0.2, 0) is 11.2 Å². The molecule has 0 amide bonds. The second-order valence-corrected chi connectivity index (χ2v) is 4.12. The van der Waals surface area contributed by atoms with Crippen LogP contribution in [0.2, 0.25) is 5.02 Å². The van der Waals surface area contributed by atoms with Crippen molar-refractivity contribution in [2.75, 3.05) is 13.2 Å². The van der Waals surface area contributed by atoms with Crippen LogP contribution < -0.4 is 9.47 Å². The van der Waals surface area contributed by atoms with E-state index in [2.05, 4.69) is 0 Å². The van der Waals surface area contributed by atoms with Crippen molar-refractivity contribution in [2.45, 2.75) is 19.3 Å². The summed E-state index contributed by atoms with van der Waals surface area (Å²) in [6.07, 6.45) is 2.05. The molecular formula is C12H12ClFO3. The van der Waals surface area contributed by atoms with Crippen molar-refractivity contribution in [3.63, 3.8) is 0 Å². The number of benzene rings is 1. The molecule has 17 heavy (non-hydrogen) atoms. The third-order valence-corrected chi connectivity index (χ3v) is 2.86. The Labute approximate surface area is 103 Å². The third-order valence-electron chi connectivity index (χ3n) is 2.53. The fourth-order valence-corrected chi connectivity index (χ4v) is 1.96. The maximum Gasteiger partial charge on any atom is 0.182 e. The molecule has 0 unspecified atom stereocenters. The van der Waals surface area contributed by atoms with Gasteiger partial charge in [-0.25, -0.2) is 4.39 Å². The van der Waals surface area contributed by atoms with Gasteiger partial charge in [0.05, 0.1) is 13.2 Å². The van der Waals surface area contributed by atoms with Crippen molar-refractivity contribution in [1.29, 1.82) is 0 Å². The minimum Gasteiger partial charge on any atom is -0.489 e. The normalized spacial score (nSPS) is 14.2. The Morgan fingerprint density at radius 2 is 2.18 bits per heavy atom. The summed E-state index contributed by atoms with van der Waals surface area (Å²) in [6.45, 7) is 0.974. The lowest BCUT2D eigenvalue weighted by atomic mass is 10.1. The second-order valence-electron chi connectivity index (χ2n) is 3.75. The summed E-state index contributed by atoms with van der Waals surface area (Å²) in [5, 5.41) is -0.0645. The molecule has 0 aliphatic carbocycles. The molecule has 92 valence electrons. The average Bonchev–Trinajstić information content (AvgIpc) is 2.57. The molecule has 0 aromatic heterocycles. The number of aldehydes is 1. The van der Waals surface area contributed by atoms with E-state index in [1.165, 1.54) is 0 Å². The Hall–Kier alpha value is -1.29. The summed E-state index contributed by atoms with van der Waals surface area (Å²) in [4.78, 5) is 10.3. The molecule has 3 nitrogen and oxygen atoms in total. The Kier molecular flexibility index (Phi) is 3.84. The Balaban J connectivity index is 2.39. The third kappa shape index (κ3) is 2.52. The minimum atomic E-state index is -0.530. The first-order valence-electron chi connectivity index (χ1n) is 5.44. The molecular weight excluding hydrogens is 247 g/mol. The van der Waals surface area contributed by atoms with E-state index in [-0.39, 0.29) is 17.2 Å². The largest absolute Gasteiger partial charge is 0.489 e. The molecule has 1 aromatic rings. The molecule has 0 N–H and O–H groups in total. The Morgan fingerprint density at radius 1 is 1.41 bits per heavy atom. The lowest BCUT2D eigenvalue weighted by molar-refractivity contribution is -0.107. The maximum atomic E-state index is 13.9. The van der Waals surface area contributed by atoms with Crippen LogP contribution in [0.5, 0.6) is 11.5 Å². The van der Waals surface area contributed by atoms with Gasteiger partial charge in [0, 0.05) is 12.8 Å². The first-order chi connectivity index (χ1) is 8.24. The predicted molar refractivity (Wildman–Crippen MR) is 61.4 cm³/mol. The predicted octanol–water partition coefficient (Wildman–Crippen LogP) is 2.77. The van der Waals surface area contributed by atoms with E-state index >= 15 is 0 Å². The highest BCUT2D eigenvalue weighted by molar-refractivity contribution is 6.32. The molecule has 1 aromatic carbocycles. The van der Waals surface area contributed by atoms with E-state index in [0.717, 1.165) is 12.7 Å². The fraction of sp³-hybridized carbons (Fsp3) is 0.417. The summed E-state index contributed by atoms with van der Waals surface area (Å²) in [5.74, 6) is 0.184. The van der Waals surface area contributed by atoms with Crippen molar-refractivity contribution in [3.8, 4) is 11.5 Å². The molecule has 1 aliphatic rings. The summed E-state index contributed by atoms with van der Waals surface area (Å²) in [6, 6.07) is 1.56. The van der Waals surface area contributed by atoms with Crippen molar-refractivity contribution < 1.29 is 18.7 Å². The van der Waals surface area contributed by atoms with Gasteiger partial charge in [0.25, 0.3) is 0 Å². The van der Waals surface area contributed by atoms with Gasteiger partial charge in [-0.1, -0.05) is 11.6 Å². The van der Waals surface area contributed by atoms with Gasteiger partial charge in [-0.15, -0.1) is 0 Å². The lowest BCUT2D eigenvalue weighted by Crippen LogP contribution is -1.99. The zero-order valence-corrected chi connectivity index (χ0v) is 9.93. The number of halogens is 2. The highest BCUT2D eigenvalue weighted by atomic mass is 35.5. The van der Waals surface area contributed by atoms with Gasteiger partial charge in [-0.05, 0) is 18.1 Å². The topological polar surface area (TPSA) is 35.5 Å². The monoisotopic (exact) mass is 258 g/mol. The number of fused-ring (bicyclic) bond motifs is 1. The van der Waals surface area contributed by atoms with E-state index in [9.17, 15) is 9.18 Å². The summed E-state index contributed by atoms with van der Waals surface area (Å²) < 4.78 is 24.7. The number of carbonyl (C=O) groups excluding carboxylic acids is 1. The molecule has 0 bridgehead atoms. The molecule has 2 rings (SSSR count). The van der Waals surface area contributed by atoms with E-state index in [4.69, 9.17) is 21.1 Å². The first kappa shape index (κ1) is 12.2. The number of carbonyl (C=O) groups is 1. The van der Waals surface area contributed by atoms with Crippen LogP contribution in [-0.4, -0.2) is 19.5 Å². The number of aryl methyl sites for hydroxylation is 1. The number of rotatable bonds is 3. The molecule has 0 spiro atoms. The molecule has 0 saturated heterocycles. The van der Waals surface area contributed by atoms with E-state index in [0.29, 0.717) is 30.9 Å². The van der Waals surface area contributed by atoms with Crippen LogP contribution in [0.25, 0.3) is 0 Å². The Morgan fingerprint density at radius 3 is 2.94 bits per heavy atom. The second kappa shape index (κ2) is 5.36. The SMILES string of the molecule is O=CCCc1cc2c(c(Cl)c1F)OCCCO2. The fourth-order valence-electron chi connectivity index (χ4n) is 1.69.